The van der Waals surface area contributed by atoms with Crippen LogP contribution in [0.1, 0.15) is 50.1 Å². The Morgan fingerprint density at radius 2 is 1.68 bits per heavy atom. The fraction of sp³-hybridized carbons (Fsp3) is 0.333. The van der Waals surface area contributed by atoms with Crippen molar-refractivity contribution in [3.8, 4) is 0 Å². The number of nitrogens with zero attached hydrogens (tertiary/aromatic N) is 2. The number of aryl methyl sites for hydroxylation is 2. The van der Waals surface area contributed by atoms with E-state index in [-0.39, 0.29) is 13.0 Å². The highest BCUT2D eigenvalue weighted by Crippen LogP contribution is 2.32. The van der Waals surface area contributed by atoms with Crippen LogP contribution in [0.25, 0.3) is 0 Å². The van der Waals surface area contributed by atoms with Gasteiger partial charge in [-0.05, 0) is 38.1 Å². The van der Waals surface area contributed by atoms with Gasteiger partial charge in [0, 0.05) is 24.6 Å². The molecule has 5 rings (SSSR count). The average Bonchev–Trinajstić information content (AvgIpc) is 3.29. The molecular formula is C27H27N3O7. The Kier molecular flexibility index (Phi) is 7.02. The second-order valence-electron chi connectivity index (χ2n) is 9.14. The Morgan fingerprint density at radius 1 is 1.03 bits per heavy atom. The van der Waals surface area contributed by atoms with Gasteiger partial charge in [0.25, 0.3) is 0 Å². The molecule has 1 aromatic heterocycles. The third kappa shape index (κ3) is 5.55. The molecule has 10 heteroatoms. The van der Waals surface area contributed by atoms with Crippen molar-refractivity contribution in [2.45, 2.75) is 45.1 Å². The molecule has 192 valence electrons. The van der Waals surface area contributed by atoms with Gasteiger partial charge >= 0.3 is 17.6 Å². The summed E-state index contributed by atoms with van der Waals surface area (Å²) >= 11 is 0. The summed E-state index contributed by atoms with van der Waals surface area (Å²) in [6.07, 6.45) is 0.143. The molecule has 3 atom stereocenters. The first kappa shape index (κ1) is 24.7. The second kappa shape index (κ2) is 10.5. The van der Waals surface area contributed by atoms with E-state index in [0.717, 1.165) is 16.7 Å². The van der Waals surface area contributed by atoms with E-state index in [1.807, 2.05) is 38.1 Å². The molecule has 2 aromatic carbocycles. The summed E-state index contributed by atoms with van der Waals surface area (Å²) in [6, 6.07) is 14.0. The van der Waals surface area contributed by atoms with E-state index in [1.165, 1.54) is 4.57 Å². The van der Waals surface area contributed by atoms with Crippen molar-refractivity contribution in [1.29, 1.82) is 0 Å². The van der Waals surface area contributed by atoms with Crippen LogP contribution in [0.5, 0.6) is 0 Å². The maximum atomic E-state index is 12.9. The van der Waals surface area contributed by atoms with E-state index >= 15 is 0 Å². The van der Waals surface area contributed by atoms with Gasteiger partial charge < -0.3 is 14.2 Å². The highest BCUT2D eigenvalue weighted by atomic mass is 16.6. The molecular weight excluding hydrogens is 478 g/mol. The minimum absolute atomic E-state index is 0.155. The number of hydrogen-bond donors (Lipinski definition) is 1. The number of aromatic nitrogens is 2. The lowest BCUT2D eigenvalue weighted by molar-refractivity contribution is -0.0583. The first-order valence-corrected chi connectivity index (χ1v) is 12.0. The zero-order valence-electron chi connectivity index (χ0n) is 20.5. The van der Waals surface area contributed by atoms with Crippen LogP contribution in [0.3, 0.4) is 0 Å². The number of fused-ring (bicyclic) bond motifs is 1. The van der Waals surface area contributed by atoms with Crippen LogP contribution in [0.4, 0.5) is 5.82 Å². The van der Waals surface area contributed by atoms with Gasteiger partial charge in [-0.1, -0.05) is 35.4 Å². The smallest absolute Gasteiger partial charge is 0.351 e. The monoisotopic (exact) mass is 505 g/mol. The molecule has 37 heavy (non-hydrogen) atoms. The number of benzene rings is 2. The van der Waals surface area contributed by atoms with Gasteiger partial charge in [0.2, 0.25) is 0 Å². The third-order valence-corrected chi connectivity index (χ3v) is 6.37. The first-order valence-electron chi connectivity index (χ1n) is 12.0. The van der Waals surface area contributed by atoms with Gasteiger partial charge in [0.15, 0.2) is 5.82 Å². The normalized spacial score (nSPS) is 20.5. The summed E-state index contributed by atoms with van der Waals surface area (Å²) in [5.41, 5.74) is 5.74. The number of rotatable bonds is 6. The van der Waals surface area contributed by atoms with E-state index in [1.54, 1.807) is 30.5 Å². The van der Waals surface area contributed by atoms with Crippen LogP contribution in [0.2, 0.25) is 0 Å². The van der Waals surface area contributed by atoms with E-state index in [9.17, 15) is 14.4 Å². The predicted molar refractivity (Wildman–Crippen MR) is 132 cm³/mol. The van der Waals surface area contributed by atoms with Crippen molar-refractivity contribution in [1.82, 2.24) is 9.55 Å². The molecule has 3 aromatic rings. The molecule has 3 heterocycles. The number of carbonyl (C=O) groups excluding carboxylic acids is 2. The van der Waals surface area contributed by atoms with E-state index < -0.39 is 36.1 Å². The SMILES string of the molecule is Cc1ccc(C(=O)OC[C@@H]2O[C@@H](n3cc4c(nc3=O)NOCC4)C[C@H]2OC(=O)c2ccc(C)cc2)cc1. The molecule has 0 aliphatic carbocycles. The fourth-order valence-corrected chi connectivity index (χ4v) is 4.24. The minimum Gasteiger partial charge on any atom is -0.459 e. The zero-order chi connectivity index (χ0) is 25.9. The molecule has 1 saturated heterocycles. The maximum Gasteiger partial charge on any atom is 0.351 e. The second-order valence-corrected chi connectivity index (χ2v) is 9.14. The van der Waals surface area contributed by atoms with Crippen molar-refractivity contribution in [3.63, 3.8) is 0 Å². The average molecular weight is 506 g/mol. The van der Waals surface area contributed by atoms with Crippen LogP contribution < -0.4 is 11.2 Å². The lowest BCUT2D eigenvalue weighted by atomic mass is 10.1. The quantitative estimate of drug-likeness (QED) is 0.504. The van der Waals surface area contributed by atoms with Gasteiger partial charge in [-0.2, -0.15) is 4.98 Å². The molecule has 1 fully saturated rings. The zero-order valence-corrected chi connectivity index (χ0v) is 20.5. The van der Waals surface area contributed by atoms with Crippen molar-refractivity contribution < 1.29 is 28.6 Å². The lowest BCUT2D eigenvalue weighted by Crippen LogP contribution is -2.32. The van der Waals surface area contributed by atoms with Crippen LogP contribution in [0.15, 0.2) is 59.5 Å². The topological polar surface area (TPSA) is 118 Å². The van der Waals surface area contributed by atoms with Crippen molar-refractivity contribution >= 4 is 17.8 Å². The lowest BCUT2D eigenvalue weighted by Gasteiger charge is -2.20. The molecule has 0 radical (unpaired) electrons. The Labute approximate surface area is 213 Å². The molecule has 0 amide bonds. The van der Waals surface area contributed by atoms with Gasteiger partial charge in [-0.15, -0.1) is 0 Å². The number of ether oxygens (including phenoxy) is 3. The van der Waals surface area contributed by atoms with Gasteiger partial charge in [0.05, 0.1) is 17.7 Å². The molecule has 2 aliphatic rings. The Hall–Kier alpha value is -4.02. The summed E-state index contributed by atoms with van der Waals surface area (Å²) in [5, 5.41) is 0. The number of carbonyl (C=O) groups is 2. The Balaban J connectivity index is 1.35. The third-order valence-electron chi connectivity index (χ3n) is 6.37. The standard InChI is InChI=1S/C27H27N3O7/c1-16-3-7-18(8-4-16)25(31)34-15-22-21(37-26(32)19-9-5-17(2)6-10-19)13-23(36-22)30-14-20-11-12-35-29-24(20)28-27(30)33/h3-10,14,21-23H,11-13,15H2,1-2H3,(H,28,29,33)/t21-,22+,23-/m1/s1. The van der Waals surface area contributed by atoms with Crippen molar-refractivity contribution in [2.24, 2.45) is 0 Å². The van der Waals surface area contributed by atoms with Gasteiger partial charge in [-0.25, -0.2) is 19.9 Å². The Morgan fingerprint density at radius 3 is 2.35 bits per heavy atom. The van der Waals surface area contributed by atoms with Crippen LogP contribution >= 0.6 is 0 Å². The Bertz CT molecular complexity index is 1350. The number of anilines is 1. The molecule has 1 N–H and O–H groups in total. The minimum atomic E-state index is -0.779. The van der Waals surface area contributed by atoms with E-state index in [2.05, 4.69) is 10.5 Å². The van der Waals surface area contributed by atoms with Crippen LogP contribution in [0, 0.1) is 13.8 Å². The number of esters is 2. The van der Waals surface area contributed by atoms with Crippen molar-refractivity contribution in [3.05, 3.63) is 93.0 Å². The van der Waals surface area contributed by atoms with Gasteiger partial charge in [0.1, 0.15) is 25.0 Å². The first-order chi connectivity index (χ1) is 17.9. The van der Waals surface area contributed by atoms with E-state index in [4.69, 9.17) is 19.0 Å². The summed E-state index contributed by atoms with van der Waals surface area (Å²) < 4.78 is 18.8. The highest BCUT2D eigenvalue weighted by Gasteiger charge is 2.40. The van der Waals surface area contributed by atoms with Crippen LogP contribution in [-0.4, -0.2) is 46.9 Å². The molecule has 0 unspecified atom stereocenters. The predicted octanol–water partition coefficient (Wildman–Crippen LogP) is 3.13. The molecule has 0 spiro atoms. The molecule has 2 aliphatic heterocycles. The molecule has 10 nitrogen and oxygen atoms in total. The maximum absolute atomic E-state index is 12.9. The number of hydrogen-bond acceptors (Lipinski definition) is 9. The van der Waals surface area contributed by atoms with Gasteiger partial charge in [-0.3, -0.25) is 9.40 Å². The molecule has 0 bridgehead atoms. The summed E-state index contributed by atoms with van der Waals surface area (Å²) in [5.74, 6) is -0.674. The van der Waals surface area contributed by atoms with Crippen LogP contribution in [-0.2, 0) is 25.5 Å². The largest absolute Gasteiger partial charge is 0.459 e. The summed E-state index contributed by atoms with van der Waals surface area (Å²) in [4.78, 5) is 47.4. The summed E-state index contributed by atoms with van der Waals surface area (Å²) in [7, 11) is 0. The highest BCUT2D eigenvalue weighted by molar-refractivity contribution is 5.90. The molecule has 0 saturated carbocycles. The van der Waals surface area contributed by atoms with E-state index in [0.29, 0.717) is 30.0 Å². The summed E-state index contributed by atoms with van der Waals surface area (Å²) in [6.45, 7) is 4.13. The fourth-order valence-electron chi connectivity index (χ4n) is 4.24. The number of nitrogens with one attached hydrogen (secondary N) is 1. The van der Waals surface area contributed by atoms with Crippen molar-refractivity contribution in [2.75, 3.05) is 18.7 Å².